The maximum Gasteiger partial charge on any atom is 0.251 e. The molecular formula is C26H32Cl2N4O2. The van der Waals surface area contributed by atoms with Gasteiger partial charge in [-0.05, 0) is 73.8 Å². The van der Waals surface area contributed by atoms with Crippen molar-refractivity contribution in [2.45, 2.75) is 31.7 Å². The van der Waals surface area contributed by atoms with E-state index in [1.165, 1.54) is 12.8 Å². The van der Waals surface area contributed by atoms with E-state index >= 15 is 0 Å². The third kappa shape index (κ3) is 7.12. The van der Waals surface area contributed by atoms with Gasteiger partial charge < -0.3 is 25.6 Å². The molecule has 8 heteroatoms. The van der Waals surface area contributed by atoms with E-state index in [1.54, 1.807) is 12.1 Å². The number of hydrogen-bond acceptors (Lipinski definition) is 5. The van der Waals surface area contributed by atoms with Gasteiger partial charge in [0.2, 0.25) is 0 Å². The van der Waals surface area contributed by atoms with Gasteiger partial charge in [0.25, 0.3) is 5.91 Å². The second-order valence-corrected chi connectivity index (χ2v) is 9.50. The molecule has 2 heterocycles. The van der Waals surface area contributed by atoms with Crippen molar-refractivity contribution in [1.82, 2.24) is 15.5 Å². The summed E-state index contributed by atoms with van der Waals surface area (Å²) in [7, 11) is 0. The SMILES string of the molecule is O=C(NCCc1ccc(Cl)cc1Cl)c1ccc(NC(=CC2CCCCN2)N2CCOCC2)cc1. The van der Waals surface area contributed by atoms with Crippen LogP contribution in [0.2, 0.25) is 10.0 Å². The van der Waals surface area contributed by atoms with Crippen LogP contribution in [-0.2, 0) is 11.2 Å². The van der Waals surface area contributed by atoms with Gasteiger partial charge >= 0.3 is 0 Å². The molecule has 0 bridgehead atoms. The summed E-state index contributed by atoms with van der Waals surface area (Å²) in [5.74, 6) is 0.992. The molecule has 4 rings (SSSR count). The molecule has 2 aliphatic heterocycles. The number of nitrogens with one attached hydrogen (secondary N) is 3. The van der Waals surface area contributed by atoms with Gasteiger partial charge in [0.1, 0.15) is 5.82 Å². The molecule has 6 nitrogen and oxygen atoms in total. The average Bonchev–Trinajstić information content (AvgIpc) is 2.86. The molecule has 0 saturated carbocycles. The highest BCUT2D eigenvalue weighted by atomic mass is 35.5. The maximum absolute atomic E-state index is 12.6. The van der Waals surface area contributed by atoms with Gasteiger partial charge in [0, 0.05) is 47.0 Å². The number of morpholine rings is 1. The van der Waals surface area contributed by atoms with Gasteiger partial charge in [0.15, 0.2) is 0 Å². The monoisotopic (exact) mass is 502 g/mol. The van der Waals surface area contributed by atoms with Crippen molar-refractivity contribution < 1.29 is 9.53 Å². The van der Waals surface area contributed by atoms with Crippen molar-refractivity contribution >= 4 is 34.8 Å². The first-order valence-corrected chi connectivity index (χ1v) is 12.7. The van der Waals surface area contributed by atoms with Crippen LogP contribution < -0.4 is 16.0 Å². The molecule has 1 atom stereocenters. The van der Waals surface area contributed by atoms with Crippen LogP contribution in [0, 0.1) is 0 Å². The Kier molecular flexibility index (Phi) is 9.11. The number of piperidine rings is 1. The van der Waals surface area contributed by atoms with E-state index in [1.807, 2.05) is 30.3 Å². The topological polar surface area (TPSA) is 65.6 Å². The van der Waals surface area contributed by atoms with Gasteiger partial charge in [0.05, 0.1) is 13.2 Å². The minimum atomic E-state index is -0.105. The van der Waals surface area contributed by atoms with Gasteiger partial charge in [-0.3, -0.25) is 4.79 Å². The normalized spacial score (nSPS) is 19.1. The van der Waals surface area contributed by atoms with Crippen LogP contribution in [0.25, 0.3) is 0 Å². The van der Waals surface area contributed by atoms with Crippen LogP contribution in [0.3, 0.4) is 0 Å². The first-order chi connectivity index (χ1) is 16.6. The average molecular weight is 503 g/mol. The molecule has 0 spiro atoms. The first-order valence-electron chi connectivity index (χ1n) is 12.0. The van der Waals surface area contributed by atoms with Gasteiger partial charge in [-0.25, -0.2) is 0 Å². The van der Waals surface area contributed by atoms with Crippen molar-refractivity contribution in [3.8, 4) is 0 Å². The lowest BCUT2D eigenvalue weighted by atomic mass is 10.0. The van der Waals surface area contributed by atoms with Crippen molar-refractivity contribution in [2.24, 2.45) is 0 Å². The van der Waals surface area contributed by atoms with Crippen LogP contribution in [0.15, 0.2) is 54.4 Å². The van der Waals surface area contributed by atoms with Crippen LogP contribution in [-0.4, -0.2) is 56.2 Å². The van der Waals surface area contributed by atoms with Gasteiger partial charge in [-0.2, -0.15) is 0 Å². The Hall–Kier alpha value is -2.25. The second-order valence-electron chi connectivity index (χ2n) is 8.65. The number of anilines is 1. The molecule has 2 fully saturated rings. The van der Waals surface area contributed by atoms with E-state index in [-0.39, 0.29) is 5.91 Å². The molecule has 1 amide bonds. The molecule has 2 aromatic carbocycles. The molecule has 2 saturated heterocycles. The van der Waals surface area contributed by atoms with Crippen LogP contribution >= 0.6 is 23.2 Å². The number of benzene rings is 2. The number of nitrogens with zero attached hydrogens (tertiary/aromatic N) is 1. The summed E-state index contributed by atoms with van der Waals surface area (Å²) in [6.07, 6.45) is 6.58. The summed E-state index contributed by atoms with van der Waals surface area (Å²) in [5, 5.41) is 11.3. The molecule has 3 N–H and O–H groups in total. The highest BCUT2D eigenvalue weighted by molar-refractivity contribution is 6.35. The fourth-order valence-electron chi connectivity index (χ4n) is 4.23. The number of halogens is 2. The fourth-order valence-corrected chi connectivity index (χ4v) is 4.73. The summed E-state index contributed by atoms with van der Waals surface area (Å²) in [4.78, 5) is 14.9. The Morgan fingerprint density at radius 2 is 1.91 bits per heavy atom. The number of amides is 1. The van der Waals surface area contributed by atoms with Crippen molar-refractivity contribution in [2.75, 3.05) is 44.7 Å². The zero-order valence-electron chi connectivity index (χ0n) is 19.3. The van der Waals surface area contributed by atoms with E-state index < -0.39 is 0 Å². The van der Waals surface area contributed by atoms with Crippen molar-refractivity contribution in [1.29, 1.82) is 0 Å². The second kappa shape index (κ2) is 12.5. The molecule has 0 radical (unpaired) electrons. The quantitative estimate of drug-likeness (QED) is 0.488. The third-order valence-electron chi connectivity index (χ3n) is 6.17. The standard InChI is InChI=1S/C26H32Cl2N4O2/c27-21-7-4-19(24(28)17-21)10-12-30-26(33)20-5-8-22(9-6-20)31-25(32-13-15-34-16-14-32)18-23-3-1-2-11-29-23/h4-9,17-18,23,29,31H,1-3,10-16H2,(H,30,33). The van der Waals surface area contributed by atoms with Crippen LogP contribution in [0.4, 0.5) is 5.69 Å². The van der Waals surface area contributed by atoms with E-state index in [4.69, 9.17) is 27.9 Å². The minimum Gasteiger partial charge on any atom is -0.378 e. The number of rotatable bonds is 8. The summed E-state index contributed by atoms with van der Waals surface area (Å²) < 4.78 is 5.53. The molecule has 2 aromatic rings. The lowest BCUT2D eigenvalue weighted by Gasteiger charge is -2.33. The highest BCUT2D eigenvalue weighted by Gasteiger charge is 2.18. The Morgan fingerprint density at radius 1 is 1.12 bits per heavy atom. The lowest BCUT2D eigenvalue weighted by molar-refractivity contribution is 0.0540. The smallest absolute Gasteiger partial charge is 0.251 e. The molecular weight excluding hydrogens is 471 g/mol. The van der Waals surface area contributed by atoms with E-state index in [2.05, 4.69) is 26.9 Å². The van der Waals surface area contributed by atoms with Crippen LogP contribution in [0.1, 0.15) is 35.2 Å². The number of carbonyl (C=O) groups is 1. The Bertz CT molecular complexity index is 985. The molecule has 0 aliphatic carbocycles. The summed E-state index contributed by atoms with van der Waals surface area (Å²) in [5.41, 5.74) is 2.54. The largest absolute Gasteiger partial charge is 0.378 e. The summed E-state index contributed by atoms with van der Waals surface area (Å²) in [6, 6.07) is 13.4. The van der Waals surface area contributed by atoms with Crippen molar-refractivity contribution in [3.63, 3.8) is 0 Å². The van der Waals surface area contributed by atoms with E-state index in [0.717, 1.165) is 56.3 Å². The zero-order valence-corrected chi connectivity index (χ0v) is 20.8. The Labute approximate surface area is 211 Å². The first kappa shape index (κ1) is 24.9. The number of ether oxygens (including phenoxy) is 1. The van der Waals surface area contributed by atoms with Gasteiger partial charge in [-0.1, -0.05) is 35.7 Å². The minimum absolute atomic E-state index is 0.105. The third-order valence-corrected chi connectivity index (χ3v) is 6.76. The molecule has 0 aromatic heterocycles. The van der Waals surface area contributed by atoms with Gasteiger partial charge in [-0.15, -0.1) is 0 Å². The molecule has 34 heavy (non-hydrogen) atoms. The zero-order chi connectivity index (χ0) is 23.8. The molecule has 2 aliphatic rings. The van der Waals surface area contributed by atoms with E-state index in [0.29, 0.717) is 34.6 Å². The lowest BCUT2D eigenvalue weighted by Crippen LogP contribution is -2.40. The summed E-state index contributed by atoms with van der Waals surface area (Å²) >= 11 is 12.2. The van der Waals surface area contributed by atoms with Crippen LogP contribution in [0.5, 0.6) is 0 Å². The highest BCUT2D eigenvalue weighted by Crippen LogP contribution is 2.21. The molecule has 182 valence electrons. The Morgan fingerprint density at radius 3 is 2.62 bits per heavy atom. The van der Waals surface area contributed by atoms with Crippen molar-refractivity contribution in [3.05, 3.63) is 75.5 Å². The predicted octanol–water partition coefficient (Wildman–Crippen LogP) is 4.69. The predicted molar refractivity (Wildman–Crippen MR) is 139 cm³/mol. The Balaban J connectivity index is 1.35. The summed E-state index contributed by atoms with van der Waals surface area (Å²) in [6.45, 7) is 4.76. The molecule has 1 unspecified atom stereocenters. The number of carbonyl (C=O) groups excluding carboxylic acids is 1. The maximum atomic E-state index is 12.6. The number of hydrogen-bond donors (Lipinski definition) is 3. The fraction of sp³-hybridized carbons (Fsp3) is 0.423. The van der Waals surface area contributed by atoms with E-state index in [9.17, 15) is 4.79 Å².